The van der Waals surface area contributed by atoms with E-state index in [-0.39, 0.29) is 40.6 Å². The smallest absolute Gasteiger partial charge is 0.338 e. The summed E-state index contributed by atoms with van der Waals surface area (Å²) in [6, 6.07) is 9.92. The molecule has 0 radical (unpaired) electrons. The van der Waals surface area contributed by atoms with Gasteiger partial charge in [-0.2, -0.15) is 0 Å². The van der Waals surface area contributed by atoms with Gasteiger partial charge in [0.1, 0.15) is 0 Å². The van der Waals surface area contributed by atoms with Crippen LogP contribution in [0.4, 0.5) is 10.5 Å². The van der Waals surface area contributed by atoms with Gasteiger partial charge in [0.15, 0.2) is 5.75 Å². The molecule has 0 fully saturated rings. The second-order valence-electron chi connectivity index (χ2n) is 6.85. The minimum absolute atomic E-state index is 0.0183. The molecule has 2 N–H and O–H groups in total. The molecule has 10 heteroatoms. The summed E-state index contributed by atoms with van der Waals surface area (Å²) in [5, 5.41) is 17.1. The first-order chi connectivity index (χ1) is 15.4. The summed E-state index contributed by atoms with van der Waals surface area (Å²) in [7, 11) is 2.57. The molecule has 0 bridgehead atoms. The van der Waals surface area contributed by atoms with Gasteiger partial charge in [-0.15, -0.1) is 0 Å². The lowest BCUT2D eigenvalue weighted by atomic mass is 9.92. The molecule has 0 aromatic heterocycles. The van der Waals surface area contributed by atoms with Crippen LogP contribution >= 0.6 is 0 Å². The summed E-state index contributed by atoms with van der Waals surface area (Å²) in [5.41, 5.74) is 0.847. The molecule has 1 aliphatic rings. The number of nitro groups is 1. The van der Waals surface area contributed by atoms with Crippen LogP contribution in [0, 0.1) is 10.1 Å². The zero-order valence-corrected chi connectivity index (χ0v) is 17.8. The van der Waals surface area contributed by atoms with E-state index < -0.39 is 23.0 Å². The van der Waals surface area contributed by atoms with E-state index in [2.05, 4.69) is 10.6 Å². The van der Waals surface area contributed by atoms with E-state index in [1.807, 2.05) is 6.92 Å². The number of rotatable bonds is 8. The molecule has 0 saturated carbocycles. The van der Waals surface area contributed by atoms with Crippen LogP contribution < -0.4 is 20.1 Å². The number of benzene rings is 2. The number of nitrogens with zero attached hydrogens (tertiary/aromatic N) is 1. The summed E-state index contributed by atoms with van der Waals surface area (Å²) < 4.78 is 15.8. The number of esters is 1. The third kappa shape index (κ3) is 4.48. The van der Waals surface area contributed by atoms with Crippen LogP contribution in [-0.2, 0) is 9.53 Å². The summed E-state index contributed by atoms with van der Waals surface area (Å²) in [5.74, 6) is -0.606. The van der Waals surface area contributed by atoms with Gasteiger partial charge in [0.2, 0.25) is 5.75 Å². The first kappa shape index (κ1) is 22.6. The zero-order valence-electron chi connectivity index (χ0n) is 17.8. The average molecular weight is 441 g/mol. The number of hydrogen-bond acceptors (Lipinski definition) is 7. The Hall–Kier alpha value is -4.08. The van der Waals surface area contributed by atoms with Crippen LogP contribution in [0.1, 0.15) is 30.5 Å². The Morgan fingerprint density at radius 3 is 2.50 bits per heavy atom. The lowest BCUT2D eigenvalue weighted by Crippen LogP contribution is -2.45. The quantitative estimate of drug-likeness (QED) is 0.365. The molecule has 2 aromatic rings. The predicted octanol–water partition coefficient (Wildman–Crippen LogP) is 3.33. The molecular weight excluding hydrogens is 418 g/mol. The van der Waals surface area contributed by atoms with E-state index in [9.17, 15) is 19.7 Å². The van der Waals surface area contributed by atoms with Gasteiger partial charge in [-0.25, -0.2) is 9.59 Å². The van der Waals surface area contributed by atoms with Crippen molar-refractivity contribution in [1.82, 2.24) is 10.6 Å². The Morgan fingerprint density at radius 2 is 1.91 bits per heavy atom. The van der Waals surface area contributed by atoms with Crippen LogP contribution in [0.15, 0.2) is 48.0 Å². The average Bonchev–Trinajstić information content (AvgIpc) is 2.81. The molecule has 1 atom stereocenters. The summed E-state index contributed by atoms with van der Waals surface area (Å²) in [4.78, 5) is 36.4. The van der Waals surface area contributed by atoms with Crippen molar-refractivity contribution in [2.24, 2.45) is 0 Å². The van der Waals surface area contributed by atoms with E-state index in [1.54, 1.807) is 30.3 Å². The molecule has 0 saturated heterocycles. The van der Waals surface area contributed by atoms with E-state index in [4.69, 9.17) is 14.2 Å². The summed E-state index contributed by atoms with van der Waals surface area (Å²) >= 11 is 0. The highest BCUT2D eigenvalue weighted by Gasteiger charge is 2.36. The van der Waals surface area contributed by atoms with Gasteiger partial charge >= 0.3 is 17.7 Å². The number of carbonyl (C=O) groups excluding carboxylic acids is 2. The monoisotopic (exact) mass is 441 g/mol. The molecule has 1 aliphatic heterocycles. The molecule has 0 spiro atoms. The number of methoxy groups -OCH3 is 2. The third-order valence-electron chi connectivity index (χ3n) is 4.80. The largest absolute Gasteiger partial charge is 0.493 e. The molecule has 32 heavy (non-hydrogen) atoms. The number of amides is 2. The first-order valence-electron chi connectivity index (χ1n) is 9.85. The minimum atomic E-state index is -1.03. The molecule has 1 heterocycles. The molecule has 10 nitrogen and oxygen atoms in total. The Labute approximate surface area is 184 Å². The van der Waals surface area contributed by atoms with E-state index in [1.165, 1.54) is 26.4 Å². The predicted molar refractivity (Wildman–Crippen MR) is 115 cm³/mol. The molecule has 2 amide bonds. The topological polar surface area (TPSA) is 129 Å². The maximum atomic E-state index is 12.8. The van der Waals surface area contributed by atoms with Crippen molar-refractivity contribution in [1.29, 1.82) is 0 Å². The highest BCUT2D eigenvalue weighted by Crippen LogP contribution is 2.42. The Balaban J connectivity index is 2.24. The number of carbonyl (C=O) groups is 2. The van der Waals surface area contributed by atoms with Crippen LogP contribution in [0.25, 0.3) is 5.70 Å². The van der Waals surface area contributed by atoms with Crippen LogP contribution in [0.5, 0.6) is 11.5 Å². The molecule has 168 valence electrons. The van der Waals surface area contributed by atoms with E-state index in [0.717, 1.165) is 0 Å². The van der Waals surface area contributed by atoms with Crippen molar-refractivity contribution >= 4 is 23.4 Å². The Morgan fingerprint density at radius 1 is 1.19 bits per heavy atom. The summed E-state index contributed by atoms with van der Waals surface area (Å²) in [6.45, 7) is 2.13. The van der Waals surface area contributed by atoms with Gasteiger partial charge in [-0.05, 0) is 23.6 Å². The molecular formula is C22H23N3O7. The molecule has 1 unspecified atom stereocenters. The van der Waals surface area contributed by atoms with Crippen molar-refractivity contribution in [2.75, 3.05) is 20.8 Å². The highest BCUT2D eigenvalue weighted by atomic mass is 16.6. The van der Waals surface area contributed by atoms with Gasteiger partial charge < -0.3 is 24.8 Å². The minimum Gasteiger partial charge on any atom is -0.493 e. The van der Waals surface area contributed by atoms with Crippen molar-refractivity contribution < 1.29 is 28.7 Å². The SMILES string of the molecule is CCCOc1c(OC)cc(C2NC(=O)NC(c3ccccc3)=C2C(=O)OC)cc1[N+](=O)[O-]. The third-order valence-corrected chi connectivity index (χ3v) is 4.80. The lowest BCUT2D eigenvalue weighted by molar-refractivity contribution is -0.386. The van der Waals surface area contributed by atoms with Gasteiger partial charge in [-0.1, -0.05) is 37.3 Å². The molecule has 3 rings (SSSR count). The normalized spacial score (nSPS) is 15.5. The van der Waals surface area contributed by atoms with Gasteiger partial charge in [-0.3, -0.25) is 10.1 Å². The van der Waals surface area contributed by atoms with Crippen molar-refractivity contribution in [3.63, 3.8) is 0 Å². The zero-order chi connectivity index (χ0) is 23.3. The Kier molecular flexibility index (Phi) is 6.93. The fourth-order valence-corrected chi connectivity index (χ4v) is 3.39. The number of hydrogen-bond donors (Lipinski definition) is 2. The standard InChI is InChI=1S/C22H23N3O7/c1-4-10-32-20-15(25(28)29)11-14(12-16(20)30-2)19-17(21(26)31-3)18(23-22(27)24-19)13-8-6-5-7-9-13/h5-9,11-12,19H,4,10H2,1-3H3,(H2,23,24,27). The summed E-state index contributed by atoms with van der Waals surface area (Å²) in [6.07, 6.45) is 0.641. The number of nitrogens with one attached hydrogen (secondary N) is 2. The fourth-order valence-electron chi connectivity index (χ4n) is 3.39. The maximum Gasteiger partial charge on any atom is 0.338 e. The number of nitro benzene ring substituents is 1. The lowest BCUT2D eigenvalue weighted by Gasteiger charge is -2.29. The molecule has 2 aromatic carbocycles. The number of urea groups is 1. The number of ether oxygens (including phenoxy) is 3. The van der Waals surface area contributed by atoms with Gasteiger partial charge in [0, 0.05) is 6.07 Å². The van der Waals surface area contributed by atoms with Crippen LogP contribution in [-0.4, -0.2) is 37.8 Å². The second-order valence-corrected chi connectivity index (χ2v) is 6.85. The van der Waals surface area contributed by atoms with Crippen molar-refractivity contribution in [2.45, 2.75) is 19.4 Å². The van der Waals surface area contributed by atoms with Crippen molar-refractivity contribution in [3.05, 3.63) is 69.3 Å². The highest BCUT2D eigenvalue weighted by molar-refractivity contribution is 6.04. The molecule has 0 aliphatic carbocycles. The van der Waals surface area contributed by atoms with Crippen LogP contribution in [0.2, 0.25) is 0 Å². The fraction of sp³-hybridized carbons (Fsp3) is 0.273. The van der Waals surface area contributed by atoms with Crippen molar-refractivity contribution in [3.8, 4) is 11.5 Å². The Bertz CT molecular complexity index is 1070. The second kappa shape index (κ2) is 9.82. The maximum absolute atomic E-state index is 12.8. The first-order valence-corrected chi connectivity index (χ1v) is 9.85. The van der Waals surface area contributed by atoms with Gasteiger partial charge in [0.25, 0.3) is 0 Å². The van der Waals surface area contributed by atoms with Gasteiger partial charge in [0.05, 0.1) is 43.1 Å². The van der Waals surface area contributed by atoms with E-state index in [0.29, 0.717) is 12.0 Å². The van der Waals surface area contributed by atoms with Crippen LogP contribution in [0.3, 0.4) is 0 Å². The van der Waals surface area contributed by atoms with E-state index >= 15 is 0 Å².